The second kappa shape index (κ2) is 7.06. The first-order valence-electron chi connectivity index (χ1n) is 6.06. The molecule has 0 aromatic carbocycles. The van der Waals surface area contributed by atoms with Crippen molar-refractivity contribution in [3.8, 4) is 0 Å². The van der Waals surface area contributed by atoms with Gasteiger partial charge in [-0.2, -0.15) is 0 Å². The summed E-state index contributed by atoms with van der Waals surface area (Å²) in [6, 6.07) is 2.79. The van der Waals surface area contributed by atoms with Crippen molar-refractivity contribution >= 4 is 24.1 Å². The van der Waals surface area contributed by atoms with Crippen molar-refractivity contribution in [1.29, 1.82) is 0 Å². The van der Waals surface area contributed by atoms with Crippen molar-refractivity contribution < 1.29 is 9.72 Å². The van der Waals surface area contributed by atoms with E-state index in [1.807, 2.05) is 0 Å². The average molecular weight is 301 g/mol. The second-order valence-electron chi connectivity index (χ2n) is 4.39. The fourth-order valence-electron chi connectivity index (χ4n) is 2.03. The van der Waals surface area contributed by atoms with Crippen LogP contribution >= 0.6 is 12.4 Å². The van der Waals surface area contributed by atoms with E-state index in [4.69, 9.17) is 0 Å². The molecule has 1 aromatic rings. The molecule has 1 aliphatic rings. The van der Waals surface area contributed by atoms with Gasteiger partial charge in [-0.25, -0.2) is 4.57 Å². The van der Waals surface area contributed by atoms with Crippen LogP contribution in [0.3, 0.4) is 0 Å². The molecule has 0 saturated heterocycles. The Kier molecular flexibility index (Phi) is 5.72. The monoisotopic (exact) mass is 300 g/mol. The number of nitrogens with one attached hydrogen (secondary N) is 2. The lowest BCUT2D eigenvalue weighted by atomic mass is 10.1. The van der Waals surface area contributed by atoms with Gasteiger partial charge in [0.05, 0.1) is 7.05 Å². The van der Waals surface area contributed by atoms with Crippen LogP contribution in [-0.4, -0.2) is 35.0 Å². The Balaban J connectivity index is 0.00000200. The van der Waals surface area contributed by atoms with E-state index in [-0.39, 0.29) is 24.1 Å². The molecule has 0 unspecified atom stereocenters. The van der Waals surface area contributed by atoms with Gasteiger partial charge >= 0.3 is 5.82 Å². The summed E-state index contributed by atoms with van der Waals surface area (Å²) in [6.07, 6.45) is 2.96. The third-order valence-corrected chi connectivity index (χ3v) is 3.15. The van der Waals surface area contributed by atoms with Gasteiger partial charge in [0, 0.05) is 19.2 Å². The summed E-state index contributed by atoms with van der Waals surface area (Å²) in [5, 5.41) is 16.7. The summed E-state index contributed by atoms with van der Waals surface area (Å²) in [6.45, 7) is 2.22. The first kappa shape index (κ1) is 16.2. The lowest BCUT2D eigenvalue weighted by Crippen LogP contribution is -2.30. The predicted octanol–water partition coefficient (Wildman–Crippen LogP) is 1.00. The van der Waals surface area contributed by atoms with E-state index < -0.39 is 4.92 Å². The van der Waals surface area contributed by atoms with Crippen molar-refractivity contribution in [1.82, 2.24) is 15.2 Å². The van der Waals surface area contributed by atoms with Gasteiger partial charge in [-0.3, -0.25) is 4.79 Å². The van der Waals surface area contributed by atoms with E-state index in [9.17, 15) is 14.9 Å². The number of nitro groups is 1. The molecule has 2 rings (SSSR count). The van der Waals surface area contributed by atoms with Gasteiger partial charge in [0.1, 0.15) is 0 Å². The summed E-state index contributed by atoms with van der Waals surface area (Å²) in [7, 11) is 1.51. The number of carbonyl (C=O) groups is 1. The molecule has 0 bridgehead atoms. The first-order valence-corrected chi connectivity index (χ1v) is 6.06. The maximum atomic E-state index is 11.9. The molecule has 8 heteroatoms. The van der Waals surface area contributed by atoms with Gasteiger partial charge in [0.15, 0.2) is 5.69 Å². The topological polar surface area (TPSA) is 89.2 Å². The SMILES string of the molecule is Cl.Cn1c(C(=O)NCC2=CCNCC2)ccc1[N+](=O)[O-]. The Morgan fingerprint density at radius 2 is 2.30 bits per heavy atom. The minimum Gasteiger partial charge on any atom is -0.358 e. The molecule has 110 valence electrons. The van der Waals surface area contributed by atoms with Crippen LogP contribution in [0.25, 0.3) is 0 Å². The number of aromatic nitrogens is 1. The molecular formula is C12H17ClN4O3. The molecule has 20 heavy (non-hydrogen) atoms. The van der Waals surface area contributed by atoms with Crippen LogP contribution in [0.2, 0.25) is 0 Å². The molecule has 0 radical (unpaired) electrons. The lowest BCUT2D eigenvalue weighted by Gasteiger charge is -2.14. The van der Waals surface area contributed by atoms with Gasteiger partial charge in [0.2, 0.25) is 0 Å². The minimum atomic E-state index is -0.508. The highest BCUT2D eigenvalue weighted by Crippen LogP contribution is 2.15. The molecular weight excluding hydrogens is 284 g/mol. The number of carbonyl (C=O) groups excluding carboxylic acids is 1. The van der Waals surface area contributed by atoms with Crippen molar-refractivity contribution in [2.75, 3.05) is 19.6 Å². The van der Waals surface area contributed by atoms with Crippen LogP contribution < -0.4 is 10.6 Å². The van der Waals surface area contributed by atoms with Crippen molar-refractivity contribution in [3.05, 3.63) is 39.6 Å². The van der Waals surface area contributed by atoms with Crippen molar-refractivity contribution in [3.63, 3.8) is 0 Å². The Hall–Kier alpha value is -1.86. The van der Waals surface area contributed by atoms with Gasteiger partial charge < -0.3 is 20.7 Å². The van der Waals surface area contributed by atoms with Gasteiger partial charge in [-0.05, 0) is 24.0 Å². The molecule has 0 atom stereocenters. The Bertz CT molecular complexity index is 539. The van der Waals surface area contributed by atoms with Crippen LogP contribution in [0.4, 0.5) is 5.82 Å². The highest BCUT2D eigenvalue weighted by molar-refractivity contribution is 5.93. The molecule has 0 fully saturated rings. The third-order valence-electron chi connectivity index (χ3n) is 3.15. The molecule has 0 spiro atoms. The highest BCUT2D eigenvalue weighted by Gasteiger charge is 2.20. The average Bonchev–Trinajstić information content (AvgIpc) is 2.79. The largest absolute Gasteiger partial charge is 0.358 e. The summed E-state index contributed by atoms with van der Waals surface area (Å²) < 4.78 is 1.28. The van der Waals surface area contributed by atoms with Crippen LogP contribution in [0.5, 0.6) is 0 Å². The smallest absolute Gasteiger partial charge is 0.323 e. The molecule has 7 nitrogen and oxygen atoms in total. The standard InChI is InChI=1S/C12H16N4O3.ClH/c1-15-10(2-3-11(15)16(18)19)12(17)14-8-9-4-6-13-7-5-9;/h2-4,13H,5-8H2,1H3,(H,14,17);1H. The second-order valence-corrected chi connectivity index (χ2v) is 4.39. The van der Waals surface area contributed by atoms with E-state index in [1.165, 1.54) is 29.3 Å². The number of hydrogen-bond acceptors (Lipinski definition) is 4. The lowest BCUT2D eigenvalue weighted by molar-refractivity contribution is -0.391. The molecule has 2 heterocycles. The Labute approximate surface area is 122 Å². The van der Waals surface area contributed by atoms with Crippen LogP contribution in [-0.2, 0) is 7.05 Å². The van der Waals surface area contributed by atoms with E-state index in [2.05, 4.69) is 16.7 Å². The highest BCUT2D eigenvalue weighted by atomic mass is 35.5. The molecule has 1 aromatic heterocycles. The van der Waals surface area contributed by atoms with Crippen LogP contribution in [0, 0.1) is 10.1 Å². The molecule has 0 aliphatic carbocycles. The quantitative estimate of drug-likeness (QED) is 0.493. The fraction of sp³-hybridized carbons (Fsp3) is 0.417. The number of rotatable bonds is 4. The van der Waals surface area contributed by atoms with E-state index in [0.29, 0.717) is 12.2 Å². The Morgan fingerprint density at radius 3 is 2.85 bits per heavy atom. The zero-order chi connectivity index (χ0) is 13.8. The fourth-order valence-corrected chi connectivity index (χ4v) is 2.03. The maximum absolute atomic E-state index is 11.9. The first-order chi connectivity index (χ1) is 9.09. The number of hydrogen-bond donors (Lipinski definition) is 2. The van der Waals surface area contributed by atoms with Crippen LogP contribution in [0.15, 0.2) is 23.8 Å². The zero-order valence-electron chi connectivity index (χ0n) is 11.1. The zero-order valence-corrected chi connectivity index (χ0v) is 11.9. The Morgan fingerprint density at radius 1 is 1.55 bits per heavy atom. The summed E-state index contributed by atoms with van der Waals surface area (Å²) in [4.78, 5) is 22.1. The number of halogens is 1. The summed E-state index contributed by atoms with van der Waals surface area (Å²) in [5.41, 5.74) is 1.47. The van der Waals surface area contributed by atoms with Crippen molar-refractivity contribution in [2.45, 2.75) is 6.42 Å². The van der Waals surface area contributed by atoms with Gasteiger partial charge in [-0.15, -0.1) is 12.4 Å². The molecule has 1 amide bonds. The predicted molar refractivity (Wildman–Crippen MR) is 77.2 cm³/mol. The molecule has 1 aliphatic heterocycles. The van der Waals surface area contributed by atoms with E-state index in [0.717, 1.165) is 19.5 Å². The maximum Gasteiger partial charge on any atom is 0.323 e. The molecule has 2 N–H and O–H groups in total. The third kappa shape index (κ3) is 3.58. The van der Waals surface area contributed by atoms with Crippen LogP contribution in [0.1, 0.15) is 16.9 Å². The minimum absolute atomic E-state index is 0. The summed E-state index contributed by atoms with van der Waals surface area (Å²) in [5.74, 6) is -0.388. The van der Waals surface area contributed by atoms with Gasteiger partial charge in [-0.1, -0.05) is 11.6 Å². The van der Waals surface area contributed by atoms with Gasteiger partial charge in [0.25, 0.3) is 5.91 Å². The van der Waals surface area contributed by atoms with Crippen molar-refractivity contribution in [2.24, 2.45) is 7.05 Å². The number of amides is 1. The van der Waals surface area contributed by atoms with E-state index >= 15 is 0 Å². The normalized spacial score (nSPS) is 14.2. The van der Waals surface area contributed by atoms with E-state index in [1.54, 1.807) is 0 Å². The summed E-state index contributed by atoms with van der Waals surface area (Å²) >= 11 is 0. The molecule has 0 saturated carbocycles. The number of nitrogens with zero attached hydrogens (tertiary/aromatic N) is 2.